The molecule has 1 N–H and O–H groups in total. The SMILES string of the molecule is Cc1ccccc1NC(C)(C#N)c1ccc(N(C)C)cc1. The lowest BCUT2D eigenvalue weighted by atomic mass is 9.92. The molecule has 0 heterocycles. The molecule has 1 unspecified atom stereocenters. The van der Waals surface area contributed by atoms with Crippen LogP contribution >= 0.6 is 0 Å². The van der Waals surface area contributed by atoms with Crippen LogP contribution in [0.25, 0.3) is 0 Å². The summed E-state index contributed by atoms with van der Waals surface area (Å²) >= 11 is 0. The Balaban J connectivity index is 2.33. The van der Waals surface area contributed by atoms with Gasteiger partial charge in [0.1, 0.15) is 5.54 Å². The maximum atomic E-state index is 9.65. The van der Waals surface area contributed by atoms with E-state index in [1.54, 1.807) is 0 Å². The number of hydrogen-bond acceptors (Lipinski definition) is 3. The second kappa shape index (κ2) is 5.88. The topological polar surface area (TPSA) is 39.1 Å². The number of para-hydroxylation sites is 1. The smallest absolute Gasteiger partial charge is 0.148 e. The summed E-state index contributed by atoms with van der Waals surface area (Å²) in [6.45, 7) is 3.94. The van der Waals surface area contributed by atoms with E-state index in [1.807, 2.05) is 81.4 Å². The first kappa shape index (κ1) is 14.9. The molecule has 0 aliphatic rings. The number of anilines is 2. The zero-order valence-corrected chi connectivity index (χ0v) is 13.0. The quantitative estimate of drug-likeness (QED) is 0.922. The summed E-state index contributed by atoms with van der Waals surface area (Å²) in [4.78, 5) is 2.04. The minimum atomic E-state index is -0.753. The van der Waals surface area contributed by atoms with Crippen molar-refractivity contribution in [1.82, 2.24) is 0 Å². The summed E-state index contributed by atoms with van der Waals surface area (Å²) < 4.78 is 0. The molecule has 0 bridgehead atoms. The van der Waals surface area contributed by atoms with Crippen molar-refractivity contribution in [2.75, 3.05) is 24.3 Å². The van der Waals surface area contributed by atoms with Crippen LogP contribution in [0.1, 0.15) is 18.1 Å². The molecule has 108 valence electrons. The summed E-state index contributed by atoms with van der Waals surface area (Å²) in [6.07, 6.45) is 0. The van der Waals surface area contributed by atoms with E-state index in [0.717, 1.165) is 22.5 Å². The molecule has 2 rings (SSSR count). The second-order valence-electron chi connectivity index (χ2n) is 5.62. The molecule has 0 aromatic heterocycles. The molecule has 0 amide bonds. The van der Waals surface area contributed by atoms with Crippen molar-refractivity contribution in [2.24, 2.45) is 0 Å². The maximum Gasteiger partial charge on any atom is 0.148 e. The second-order valence-corrected chi connectivity index (χ2v) is 5.62. The van der Waals surface area contributed by atoms with Crippen molar-refractivity contribution >= 4 is 11.4 Å². The molecule has 3 nitrogen and oxygen atoms in total. The van der Waals surface area contributed by atoms with Gasteiger partial charge in [-0.15, -0.1) is 0 Å². The Morgan fingerprint density at radius 3 is 2.19 bits per heavy atom. The molecule has 1 atom stereocenters. The molecule has 0 fully saturated rings. The third-order valence-electron chi connectivity index (χ3n) is 3.71. The van der Waals surface area contributed by atoms with Crippen molar-refractivity contribution in [2.45, 2.75) is 19.4 Å². The summed E-state index contributed by atoms with van der Waals surface area (Å²) in [6, 6.07) is 18.5. The monoisotopic (exact) mass is 279 g/mol. The number of aryl methyl sites for hydroxylation is 1. The molecule has 0 radical (unpaired) electrons. The fraction of sp³-hybridized carbons (Fsp3) is 0.278. The van der Waals surface area contributed by atoms with E-state index in [9.17, 15) is 5.26 Å². The molecule has 3 heteroatoms. The number of benzene rings is 2. The van der Waals surface area contributed by atoms with E-state index < -0.39 is 5.54 Å². The highest BCUT2D eigenvalue weighted by Crippen LogP contribution is 2.28. The van der Waals surface area contributed by atoms with E-state index in [1.165, 1.54) is 0 Å². The van der Waals surface area contributed by atoms with Gasteiger partial charge in [-0.2, -0.15) is 5.26 Å². The van der Waals surface area contributed by atoms with Gasteiger partial charge < -0.3 is 10.2 Å². The van der Waals surface area contributed by atoms with Gasteiger partial charge in [0, 0.05) is 25.5 Å². The highest BCUT2D eigenvalue weighted by Gasteiger charge is 2.26. The van der Waals surface area contributed by atoms with Gasteiger partial charge >= 0.3 is 0 Å². The Hall–Kier alpha value is -2.47. The summed E-state index contributed by atoms with van der Waals surface area (Å²) in [5.74, 6) is 0. The van der Waals surface area contributed by atoms with Crippen LogP contribution in [0.5, 0.6) is 0 Å². The van der Waals surface area contributed by atoms with Crippen LogP contribution < -0.4 is 10.2 Å². The van der Waals surface area contributed by atoms with Crippen molar-refractivity contribution in [3.63, 3.8) is 0 Å². The molecule has 0 saturated carbocycles. The third-order valence-corrected chi connectivity index (χ3v) is 3.71. The molecule has 0 spiro atoms. The highest BCUT2D eigenvalue weighted by atomic mass is 15.1. The lowest BCUT2D eigenvalue weighted by Crippen LogP contribution is -2.30. The van der Waals surface area contributed by atoms with Gasteiger partial charge in [-0.25, -0.2) is 0 Å². The first-order valence-electron chi connectivity index (χ1n) is 6.99. The van der Waals surface area contributed by atoms with Crippen LogP contribution in [0.15, 0.2) is 48.5 Å². The van der Waals surface area contributed by atoms with Crippen LogP contribution in [0.4, 0.5) is 11.4 Å². The van der Waals surface area contributed by atoms with E-state index in [4.69, 9.17) is 0 Å². The lowest BCUT2D eigenvalue weighted by molar-refractivity contribution is 0.705. The Morgan fingerprint density at radius 1 is 1.05 bits per heavy atom. The van der Waals surface area contributed by atoms with Gasteiger partial charge in [0.2, 0.25) is 0 Å². The van der Waals surface area contributed by atoms with Crippen LogP contribution in [0.3, 0.4) is 0 Å². The normalized spacial score (nSPS) is 13.1. The van der Waals surface area contributed by atoms with Crippen molar-refractivity contribution in [3.05, 3.63) is 59.7 Å². The van der Waals surface area contributed by atoms with Gasteiger partial charge in [0.05, 0.1) is 6.07 Å². The average molecular weight is 279 g/mol. The Bertz CT molecular complexity index is 653. The fourth-order valence-corrected chi connectivity index (χ4v) is 2.24. The van der Waals surface area contributed by atoms with Crippen LogP contribution in [-0.2, 0) is 5.54 Å². The molecule has 0 saturated heterocycles. The van der Waals surface area contributed by atoms with Gasteiger partial charge in [-0.1, -0.05) is 30.3 Å². The van der Waals surface area contributed by atoms with Crippen LogP contribution in [-0.4, -0.2) is 14.1 Å². The van der Waals surface area contributed by atoms with Gasteiger partial charge in [-0.05, 0) is 43.2 Å². The van der Waals surface area contributed by atoms with Crippen molar-refractivity contribution in [1.29, 1.82) is 5.26 Å². The lowest BCUT2D eigenvalue weighted by Gasteiger charge is -2.26. The molecule has 0 aliphatic carbocycles. The predicted octanol–water partition coefficient (Wildman–Crippen LogP) is 3.91. The largest absolute Gasteiger partial charge is 0.378 e. The summed E-state index contributed by atoms with van der Waals surface area (Å²) in [5, 5.41) is 13.0. The number of nitrogens with one attached hydrogen (secondary N) is 1. The zero-order valence-electron chi connectivity index (χ0n) is 13.0. The number of rotatable bonds is 4. The van der Waals surface area contributed by atoms with Gasteiger partial charge in [-0.3, -0.25) is 0 Å². The van der Waals surface area contributed by atoms with Crippen molar-refractivity contribution in [3.8, 4) is 6.07 Å². The average Bonchev–Trinajstić information content (AvgIpc) is 2.49. The molecular weight excluding hydrogens is 258 g/mol. The number of nitriles is 1. The summed E-state index contributed by atoms with van der Waals surface area (Å²) in [7, 11) is 4.01. The van der Waals surface area contributed by atoms with E-state index in [2.05, 4.69) is 11.4 Å². The first-order valence-corrected chi connectivity index (χ1v) is 6.99. The summed E-state index contributed by atoms with van der Waals surface area (Å²) in [5.41, 5.74) is 3.44. The first-order chi connectivity index (χ1) is 9.96. The van der Waals surface area contributed by atoms with E-state index >= 15 is 0 Å². The Labute approximate surface area is 126 Å². The minimum Gasteiger partial charge on any atom is -0.378 e. The van der Waals surface area contributed by atoms with E-state index in [-0.39, 0.29) is 0 Å². The fourth-order valence-electron chi connectivity index (χ4n) is 2.24. The Morgan fingerprint density at radius 2 is 1.67 bits per heavy atom. The molecule has 0 aliphatic heterocycles. The zero-order chi connectivity index (χ0) is 15.5. The Kier molecular flexibility index (Phi) is 4.18. The molecule has 21 heavy (non-hydrogen) atoms. The molecule has 2 aromatic carbocycles. The van der Waals surface area contributed by atoms with E-state index in [0.29, 0.717) is 0 Å². The minimum absolute atomic E-state index is 0.753. The van der Waals surface area contributed by atoms with Crippen LogP contribution in [0.2, 0.25) is 0 Å². The van der Waals surface area contributed by atoms with Gasteiger partial charge in [0.15, 0.2) is 0 Å². The molecular formula is C18H21N3. The molecule has 2 aromatic rings. The third kappa shape index (κ3) is 3.17. The highest BCUT2D eigenvalue weighted by molar-refractivity contribution is 5.57. The maximum absolute atomic E-state index is 9.65. The number of hydrogen-bond donors (Lipinski definition) is 1. The predicted molar refractivity (Wildman–Crippen MR) is 88.5 cm³/mol. The van der Waals surface area contributed by atoms with Gasteiger partial charge in [0.25, 0.3) is 0 Å². The number of nitrogens with zero attached hydrogens (tertiary/aromatic N) is 2. The van der Waals surface area contributed by atoms with Crippen LogP contribution in [0, 0.1) is 18.3 Å². The van der Waals surface area contributed by atoms with Crippen molar-refractivity contribution < 1.29 is 0 Å². The standard InChI is InChI=1S/C18H21N3/c1-14-7-5-6-8-17(14)20-18(2,13-19)15-9-11-16(12-10-15)21(3)4/h5-12,20H,1-4H3.